The van der Waals surface area contributed by atoms with E-state index in [0.29, 0.717) is 50.8 Å². The summed E-state index contributed by atoms with van der Waals surface area (Å²) in [6, 6.07) is 8.12. The van der Waals surface area contributed by atoms with Crippen LogP contribution in [-0.4, -0.2) is 46.1 Å². The summed E-state index contributed by atoms with van der Waals surface area (Å²) in [4.78, 5) is 19.2. The van der Waals surface area contributed by atoms with E-state index in [1.54, 1.807) is 0 Å². The van der Waals surface area contributed by atoms with Crippen LogP contribution in [0.2, 0.25) is 0 Å². The Balaban J connectivity index is 1.59. The second-order valence-electron chi connectivity index (χ2n) is 8.30. The summed E-state index contributed by atoms with van der Waals surface area (Å²) in [5.74, 6) is 1.56. The molecule has 152 valence electrons. The first-order chi connectivity index (χ1) is 13.3. The van der Waals surface area contributed by atoms with Gasteiger partial charge < -0.3 is 14.8 Å². The van der Waals surface area contributed by atoms with Gasteiger partial charge in [-0.15, -0.1) is 0 Å². The molecule has 0 radical (unpaired) electrons. The maximum absolute atomic E-state index is 12.3. The molecule has 1 aromatic heterocycles. The van der Waals surface area contributed by atoms with Crippen LogP contribution in [0.4, 0.5) is 0 Å². The van der Waals surface area contributed by atoms with Crippen molar-refractivity contribution in [2.75, 3.05) is 19.6 Å². The molecule has 1 aliphatic rings. The highest BCUT2D eigenvalue weighted by Gasteiger charge is 2.39. The number of likely N-dealkylation sites (tertiary alicyclic amines) is 1. The predicted molar refractivity (Wildman–Crippen MR) is 109 cm³/mol. The van der Waals surface area contributed by atoms with E-state index in [-0.39, 0.29) is 5.91 Å². The van der Waals surface area contributed by atoms with Gasteiger partial charge in [-0.05, 0) is 44.7 Å². The first-order valence-electron chi connectivity index (χ1n) is 10.0. The molecule has 1 aromatic carbocycles. The fraction of sp³-hybridized carbons (Fsp3) is 0.545. The molecule has 1 aliphatic heterocycles. The van der Waals surface area contributed by atoms with E-state index < -0.39 is 5.60 Å². The second kappa shape index (κ2) is 8.45. The fourth-order valence-electron chi connectivity index (χ4n) is 3.38. The second-order valence-corrected chi connectivity index (χ2v) is 8.30. The Morgan fingerprint density at radius 1 is 1.25 bits per heavy atom. The van der Waals surface area contributed by atoms with Crippen LogP contribution in [0, 0.1) is 19.8 Å². The third-order valence-corrected chi connectivity index (χ3v) is 5.34. The lowest BCUT2D eigenvalue weighted by atomic mass is 9.90. The molecule has 0 saturated carbocycles. The number of piperidine rings is 1. The van der Waals surface area contributed by atoms with Gasteiger partial charge >= 0.3 is 0 Å². The molecule has 2 N–H and O–H groups in total. The van der Waals surface area contributed by atoms with Crippen molar-refractivity contribution in [1.29, 1.82) is 0 Å². The van der Waals surface area contributed by atoms with E-state index in [4.69, 9.17) is 4.42 Å². The van der Waals surface area contributed by atoms with E-state index >= 15 is 0 Å². The van der Waals surface area contributed by atoms with Gasteiger partial charge in [-0.2, -0.15) is 0 Å². The quantitative estimate of drug-likeness (QED) is 0.799. The molecule has 1 amide bonds. The average Bonchev–Trinajstić information content (AvgIpc) is 3.02. The van der Waals surface area contributed by atoms with Gasteiger partial charge in [0.25, 0.3) is 5.91 Å². The Bertz CT molecular complexity index is 803. The van der Waals surface area contributed by atoms with Crippen molar-refractivity contribution < 1.29 is 14.3 Å². The Labute approximate surface area is 167 Å². The molecule has 0 unspecified atom stereocenters. The summed E-state index contributed by atoms with van der Waals surface area (Å²) in [5, 5.41) is 13.6. The van der Waals surface area contributed by atoms with Crippen molar-refractivity contribution in [1.82, 2.24) is 15.2 Å². The van der Waals surface area contributed by atoms with Crippen LogP contribution in [0.5, 0.6) is 0 Å². The Kier molecular flexibility index (Phi) is 6.20. The Morgan fingerprint density at radius 3 is 2.50 bits per heavy atom. The van der Waals surface area contributed by atoms with Crippen LogP contribution in [0.25, 0.3) is 11.5 Å². The van der Waals surface area contributed by atoms with E-state index in [2.05, 4.69) is 22.1 Å². The van der Waals surface area contributed by atoms with Gasteiger partial charge in [0.2, 0.25) is 5.89 Å². The van der Waals surface area contributed by atoms with Crippen LogP contribution in [-0.2, 0) is 11.3 Å². The highest BCUT2D eigenvalue weighted by Crippen LogP contribution is 2.26. The number of carbonyl (C=O) groups is 1. The topological polar surface area (TPSA) is 78.6 Å². The van der Waals surface area contributed by atoms with Crippen LogP contribution in [0.15, 0.2) is 28.7 Å². The minimum Gasteiger partial charge on any atom is -0.441 e. The Hall–Kier alpha value is -2.18. The first kappa shape index (κ1) is 20.6. The summed E-state index contributed by atoms with van der Waals surface area (Å²) >= 11 is 0. The van der Waals surface area contributed by atoms with Gasteiger partial charge in [-0.3, -0.25) is 9.69 Å². The number of hydrogen-bond donors (Lipinski definition) is 2. The van der Waals surface area contributed by atoms with E-state index in [1.165, 1.54) is 5.56 Å². The van der Waals surface area contributed by atoms with Gasteiger partial charge in [0.05, 0.1) is 5.69 Å². The van der Waals surface area contributed by atoms with Crippen LogP contribution >= 0.6 is 0 Å². The number of benzene rings is 1. The number of oxazole rings is 1. The normalized spacial score (nSPS) is 17.1. The lowest BCUT2D eigenvalue weighted by Gasteiger charge is -2.36. The summed E-state index contributed by atoms with van der Waals surface area (Å²) < 4.78 is 5.86. The van der Waals surface area contributed by atoms with Crippen molar-refractivity contribution in [3.05, 3.63) is 41.3 Å². The van der Waals surface area contributed by atoms with Crippen molar-refractivity contribution in [3.8, 4) is 11.5 Å². The summed E-state index contributed by atoms with van der Waals surface area (Å²) in [6.45, 7) is 10.6. The van der Waals surface area contributed by atoms with E-state index in [1.807, 2.05) is 45.0 Å². The fourth-order valence-corrected chi connectivity index (χ4v) is 3.38. The van der Waals surface area contributed by atoms with Gasteiger partial charge in [0, 0.05) is 31.7 Å². The molecule has 0 atom stereocenters. The number of hydrogen-bond acceptors (Lipinski definition) is 5. The maximum Gasteiger partial charge on any atom is 0.252 e. The van der Waals surface area contributed by atoms with Crippen LogP contribution in [0.3, 0.4) is 0 Å². The van der Waals surface area contributed by atoms with Crippen molar-refractivity contribution in [3.63, 3.8) is 0 Å². The highest BCUT2D eigenvalue weighted by atomic mass is 16.4. The van der Waals surface area contributed by atoms with Crippen molar-refractivity contribution in [2.45, 2.75) is 52.7 Å². The third-order valence-electron chi connectivity index (χ3n) is 5.34. The number of aromatic nitrogens is 1. The maximum atomic E-state index is 12.3. The minimum atomic E-state index is -1.27. The summed E-state index contributed by atoms with van der Waals surface area (Å²) in [6.07, 6.45) is 0.858. The van der Waals surface area contributed by atoms with Gasteiger partial charge in [-0.25, -0.2) is 4.98 Å². The summed E-state index contributed by atoms with van der Waals surface area (Å²) in [7, 11) is 0. The number of rotatable bonds is 6. The van der Waals surface area contributed by atoms with E-state index in [0.717, 1.165) is 17.0 Å². The SMILES string of the molecule is Cc1ccc(-c2nc(CN3CCC(O)(C(=O)NCC(C)C)CC3)c(C)o2)cc1. The van der Waals surface area contributed by atoms with Gasteiger partial charge in [0.1, 0.15) is 11.4 Å². The summed E-state index contributed by atoms with van der Waals surface area (Å²) in [5.41, 5.74) is 1.81. The molecule has 2 heterocycles. The zero-order valence-electron chi connectivity index (χ0n) is 17.3. The first-order valence-corrected chi connectivity index (χ1v) is 10.0. The molecule has 0 spiro atoms. The number of amides is 1. The van der Waals surface area contributed by atoms with Crippen LogP contribution < -0.4 is 5.32 Å². The molecule has 1 fully saturated rings. The third kappa shape index (κ3) is 4.80. The average molecular weight is 386 g/mol. The molecule has 2 aromatic rings. The largest absolute Gasteiger partial charge is 0.441 e. The molecule has 6 heteroatoms. The lowest BCUT2D eigenvalue weighted by molar-refractivity contribution is -0.145. The number of aryl methyl sites for hydroxylation is 2. The zero-order chi connectivity index (χ0) is 20.3. The van der Waals surface area contributed by atoms with Crippen molar-refractivity contribution >= 4 is 5.91 Å². The molecule has 1 saturated heterocycles. The molecule has 3 rings (SSSR count). The van der Waals surface area contributed by atoms with Crippen molar-refractivity contribution in [2.24, 2.45) is 5.92 Å². The molecular formula is C22H31N3O3. The van der Waals surface area contributed by atoms with E-state index in [9.17, 15) is 9.90 Å². The minimum absolute atomic E-state index is 0.250. The molecule has 6 nitrogen and oxygen atoms in total. The smallest absolute Gasteiger partial charge is 0.252 e. The highest BCUT2D eigenvalue weighted by molar-refractivity contribution is 5.85. The Morgan fingerprint density at radius 2 is 1.89 bits per heavy atom. The number of carbonyl (C=O) groups excluding carboxylic acids is 1. The lowest BCUT2D eigenvalue weighted by Crippen LogP contribution is -2.54. The standard InChI is InChI=1S/C22H31N3O3/c1-15(2)13-23-21(26)22(27)9-11-25(12-10-22)14-19-17(4)28-20(24-19)18-7-5-16(3)6-8-18/h5-8,15,27H,9-14H2,1-4H3,(H,23,26). The number of aliphatic hydroxyl groups is 1. The number of nitrogens with one attached hydrogen (secondary N) is 1. The number of nitrogens with zero attached hydrogens (tertiary/aromatic N) is 2. The predicted octanol–water partition coefficient (Wildman–Crippen LogP) is 3.06. The molecule has 0 bridgehead atoms. The monoisotopic (exact) mass is 385 g/mol. The van der Waals surface area contributed by atoms with Gasteiger partial charge in [-0.1, -0.05) is 31.5 Å². The molecular weight excluding hydrogens is 354 g/mol. The van der Waals surface area contributed by atoms with Gasteiger partial charge in [0.15, 0.2) is 0 Å². The van der Waals surface area contributed by atoms with Crippen LogP contribution in [0.1, 0.15) is 43.7 Å². The zero-order valence-corrected chi connectivity index (χ0v) is 17.3. The molecule has 0 aliphatic carbocycles. The molecule has 28 heavy (non-hydrogen) atoms.